The zero-order chi connectivity index (χ0) is 25.1. The SMILES string of the molecule is COC(=O)C1Cc2c(ncn2Cc2cccc(C)c2)CN1C(=O)C(c1ccccc1)c1ccccc1. The maximum absolute atomic E-state index is 14.2. The smallest absolute Gasteiger partial charge is 0.328 e. The number of aryl methyl sites for hydroxylation is 1. The number of hydrogen-bond donors (Lipinski definition) is 0. The first-order chi connectivity index (χ1) is 17.5. The Kier molecular flexibility index (Phi) is 6.67. The highest BCUT2D eigenvalue weighted by atomic mass is 16.5. The molecule has 0 saturated carbocycles. The number of rotatable bonds is 6. The van der Waals surface area contributed by atoms with Crippen LogP contribution in [0.3, 0.4) is 0 Å². The van der Waals surface area contributed by atoms with Gasteiger partial charge in [-0.25, -0.2) is 9.78 Å². The van der Waals surface area contributed by atoms with Crippen LogP contribution >= 0.6 is 0 Å². The number of imidazole rings is 1. The number of fused-ring (bicyclic) bond motifs is 1. The summed E-state index contributed by atoms with van der Waals surface area (Å²) in [5.74, 6) is -1.09. The Morgan fingerprint density at radius 1 is 0.972 bits per heavy atom. The van der Waals surface area contributed by atoms with Crippen LogP contribution in [0, 0.1) is 6.92 Å². The Balaban J connectivity index is 1.50. The second-order valence-electron chi connectivity index (χ2n) is 9.22. The summed E-state index contributed by atoms with van der Waals surface area (Å²) in [5.41, 5.74) is 5.90. The van der Waals surface area contributed by atoms with E-state index in [-0.39, 0.29) is 12.5 Å². The number of esters is 1. The average Bonchev–Trinajstić information content (AvgIpc) is 3.30. The molecule has 5 rings (SSSR count). The Morgan fingerprint density at radius 3 is 2.25 bits per heavy atom. The number of ether oxygens (including phenoxy) is 1. The van der Waals surface area contributed by atoms with Gasteiger partial charge in [0.1, 0.15) is 6.04 Å². The van der Waals surface area contributed by atoms with Crippen molar-refractivity contribution in [3.63, 3.8) is 0 Å². The maximum Gasteiger partial charge on any atom is 0.328 e. The molecule has 1 aromatic heterocycles. The molecule has 0 radical (unpaired) electrons. The zero-order valence-corrected chi connectivity index (χ0v) is 20.5. The normalized spacial score (nSPS) is 15.0. The number of hydrogen-bond acceptors (Lipinski definition) is 4. The average molecular weight is 480 g/mol. The van der Waals surface area contributed by atoms with Crippen LogP contribution in [0.4, 0.5) is 0 Å². The molecule has 182 valence electrons. The number of nitrogens with zero attached hydrogens (tertiary/aromatic N) is 3. The highest BCUT2D eigenvalue weighted by Crippen LogP contribution is 2.32. The van der Waals surface area contributed by atoms with Crippen molar-refractivity contribution in [2.45, 2.75) is 38.4 Å². The highest BCUT2D eigenvalue weighted by Gasteiger charge is 2.40. The summed E-state index contributed by atoms with van der Waals surface area (Å²) in [7, 11) is 1.37. The van der Waals surface area contributed by atoms with Gasteiger partial charge in [-0.2, -0.15) is 0 Å². The highest BCUT2D eigenvalue weighted by molar-refractivity contribution is 5.91. The lowest BCUT2D eigenvalue weighted by Gasteiger charge is -2.36. The minimum atomic E-state index is -0.724. The molecule has 36 heavy (non-hydrogen) atoms. The van der Waals surface area contributed by atoms with E-state index in [9.17, 15) is 9.59 Å². The van der Waals surface area contributed by atoms with Gasteiger partial charge in [0, 0.05) is 18.7 Å². The summed E-state index contributed by atoms with van der Waals surface area (Å²) < 4.78 is 7.24. The molecule has 0 saturated heterocycles. The number of methoxy groups -OCH3 is 1. The van der Waals surface area contributed by atoms with Gasteiger partial charge < -0.3 is 14.2 Å². The first kappa shape index (κ1) is 23.5. The number of aromatic nitrogens is 2. The van der Waals surface area contributed by atoms with E-state index in [2.05, 4.69) is 34.7 Å². The van der Waals surface area contributed by atoms with Gasteiger partial charge in [0.15, 0.2) is 0 Å². The van der Waals surface area contributed by atoms with Crippen LogP contribution in [0.25, 0.3) is 0 Å². The molecule has 0 aliphatic carbocycles. The van der Waals surface area contributed by atoms with Crippen molar-refractivity contribution in [3.8, 4) is 0 Å². The summed E-state index contributed by atoms with van der Waals surface area (Å²) in [4.78, 5) is 33.4. The van der Waals surface area contributed by atoms with Crippen LogP contribution in [0.5, 0.6) is 0 Å². The lowest BCUT2D eigenvalue weighted by molar-refractivity contribution is -0.154. The Morgan fingerprint density at radius 2 is 1.64 bits per heavy atom. The van der Waals surface area contributed by atoms with E-state index < -0.39 is 17.9 Å². The van der Waals surface area contributed by atoms with Gasteiger partial charge in [0.05, 0.1) is 31.6 Å². The lowest BCUT2D eigenvalue weighted by Crippen LogP contribution is -2.51. The summed E-state index contributed by atoms with van der Waals surface area (Å²) in [6.45, 7) is 2.98. The van der Waals surface area contributed by atoms with E-state index in [1.807, 2.05) is 66.7 Å². The fourth-order valence-corrected chi connectivity index (χ4v) is 5.04. The minimum absolute atomic E-state index is 0.137. The maximum atomic E-state index is 14.2. The number of benzene rings is 3. The van der Waals surface area contributed by atoms with Gasteiger partial charge in [-0.15, -0.1) is 0 Å². The Labute approximate surface area is 211 Å². The molecule has 6 heteroatoms. The standard InChI is InChI=1S/C30H29N3O3/c1-21-10-9-11-22(16-21)18-32-20-31-25-19-33(27(17-26(25)32)30(35)36-2)29(34)28(23-12-5-3-6-13-23)24-14-7-4-8-15-24/h3-16,20,27-28H,17-19H2,1-2H3. The molecule has 6 nitrogen and oxygen atoms in total. The van der Waals surface area contributed by atoms with Crippen molar-refractivity contribution < 1.29 is 14.3 Å². The van der Waals surface area contributed by atoms with Gasteiger partial charge in [-0.1, -0.05) is 90.5 Å². The van der Waals surface area contributed by atoms with E-state index in [0.29, 0.717) is 13.0 Å². The van der Waals surface area contributed by atoms with Crippen molar-refractivity contribution >= 4 is 11.9 Å². The van der Waals surface area contributed by atoms with E-state index in [0.717, 1.165) is 28.1 Å². The first-order valence-corrected chi connectivity index (χ1v) is 12.1. The predicted octanol–water partition coefficient (Wildman–Crippen LogP) is 4.50. The van der Waals surface area contributed by atoms with E-state index >= 15 is 0 Å². The van der Waals surface area contributed by atoms with Crippen molar-refractivity contribution in [3.05, 3.63) is 125 Å². The third-order valence-electron chi connectivity index (χ3n) is 6.82. The summed E-state index contributed by atoms with van der Waals surface area (Å²) in [6.07, 6.45) is 2.16. The molecule has 1 unspecified atom stereocenters. The Hall–Kier alpha value is -4.19. The van der Waals surface area contributed by atoms with Crippen LogP contribution in [0.1, 0.15) is 39.6 Å². The molecule has 1 aliphatic rings. The molecule has 4 aromatic rings. The third kappa shape index (κ3) is 4.67. The van der Waals surface area contributed by atoms with Crippen LogP contribution in [0.15, 0.2) is 91.3 Å². The summed E-state index contributed by atoms with van der Waals surface area (Å²) in [6, 6.07) is 27.0. The fourth-order valence-electron chi connectivity index (χ4n) is 5.04. The zero-order valence-electron chi connectivity index (χ0n) is 20.5. The molecule has 0 spiro atoms. The lowest BCUT2D eigenvalue weighted by atomic mass is 9.88. The molecule has 0 N–H and O–H groups in total. The third-order valence-corrected chi connectivity index (χ3v) is 6.82. The molecule has 0 fully saturated rings. The van der Waals surface area contributed by atoms with Gasteiger partial charge in [-0.05, 0) is 23.6 Å². The molecule has 2 heterocycles. The van der Waals surface area contributed by atoms with Crippen molar-refractivity contribution in [2.75, 3.05) is 7.11 Å². The molecule has 0 bridgehead atoms. The monoisotopic (exact) mass is 479 g/mol. The van der Waals surface area contributed by atoms with Gasteiger partial charge in [0.25, 0.3) is 0 Å². The van der Waals surface area contributed by atoms with Crippen LogP contribution in [0.2, 0.25) is 0 Å². The van der Waals surface area contributed by atoms with E-state index in [1.165, 1.54) is 12.7 Å². The molecule has 1 amide bonds. The second-order valence-corrected chi connectivity index (χ2v) is 9.22. The first-order valence-electron chi connectivity index (χ1n) is 12.1. The van der Waals surface area contributed by atoms with Gasteiger partial charge >= 0.3 is 5.97 Å². The van der Waals surface area contributed by atoms with Gasteiger partial charge in [0.2, 0.25) is 5.91 Å². The number of amides is 1. The topological polar surface area (TPSA) is 64.4 Å². The number of carbonyl (C=O) groups is 2. The van der Waals surface area contributed by atoms with Gasteiger partial charge in [-0.3, -0.25) is 4.79 Å². The van der Waals surface area contributed by atoms with Crippen LogP contribution in [-0.4, -0.2) is 39.5 Å². The molecule has 1 atom stereocenters. The fraction of sp³-hybridized carbons (Fsp3) is 0.233. The van der Waals surface area contributed by atoms with Crippen molar-refractivity contribution in [1.82, 2.24) is 14.5 Å². The molecular weight excluding hydrogens is 450 g/mol. The van der Waals surface area contributed by atoms with E-state index in [4.69, 9.17) is 4.74 Å². The minimum Gasteiger partial charge on any atom is -0.467 e. The van der Waals surface area contributed by atoms with E-state index in [1.54, 1.807) is 11.2 Å². The van der Waals surface area contributed by atoms with Crippen LogP contribution < -0.4 is 0 Å². The molecular formula is C30H29N3O3. The quantitative estimate of drug-likeness (QED) is 0.382. The summed E-state index contributed by atoms with van der Waals surface area (Å²) in [5, 5.41) is 0. The predicted molar refractivity (Wildman–Crippen MR) is 137 cm³/mol. The number of carbonyl (C=O) groups excluding carboxylic acids is 2. The van der Waals surface area contributed by atoms with Crippen LogP contribution in [-0.2, 0) is 33.8 Å². The largest absolute Gasteiger partial charge is 0.467 e. The molecule has 1 aliphatic heterocycles. The molecule has 3 aromatic carbocycles. The Bertz CT molecular complexity index is 1330. The van der Waals surface area contributed by atoms with Crippen molar-refractivity contribution in [1.29, 1.82) is 0 Å². The second kappa shape index (κ2) is 10.2. The summed E-state index contributed by atoms with van der Waals surface area (Å²) >= 11 is 0. The van der Waals surface area contributed by atoms with Crippen molar-refractivity contribution in [2.24, 2.45) is 0 Å².